The molecule has 1 N–H and O–H groups in total. The molecule has 2 heterocycles. The number of benzene rings is 1. The molecule has 1 fully saturated rings. The highest BCUT2D eigenvalue weighted by Crippen LogP contribution is 2.12. The summed E-state index contributed by atoms with van der Waals surface area (Å²) >= 11 is 0. The molecule has 0 aliphatic carbocycles. The molecule has 3 rings (SSSR count). The second-order valence-electron chi connectivity index (χ2n) is 5.87. The van der Waals surface area contributed by atoms with E-state index in [9.17, 15) is 9.59 Å². The van der Waals surface area contributed by atoms with Crippen LogP contribution in [0.5, 0.6) is 5.75 Å². The summed E-state index contributed by atoms with van der Waals surface area (Å²) in [5.74, 6) is 0.638. The second kappa shape index (κ2) is 7.21. The van der Waals surface area contributed by atoms with Gasteiger partial charge in [0.1, 0.15) is 5.75 Å². The lowest BCUT2D eigenvalue weighted by Gasteiger charge is -2.34. The van der Waals surface area contributed by atoms with E-state index < -0.39 is 0 Å². The third-order valence-electron chi connectivity index (χ3n) is 4.15. The summed E-state index contributed by atoms with van der Waals surface area (Å²) < 4.78 is 5.53. The lowest BCUT2D eigenvalue weighted by molar-refractivity contribution is -0.134. The molecule has 6 heteroatoms. The minimum absolute atomic E-state index is 0.000690. The van der Waals surface area contributed by atoms with Crippen molar-refractivity contribution < 1.29 is 14.3 Å². The van der Waals surface area contributed by atoms with E-state index in [1.54, 1.807) is 28.3 Å². The van der Waals surface area contributed by atoms with Gasteiger partial charge in [0.15, 0.2) is 6.61 Å². The largest absolute Gasteiger partial charge is 0.484 e. The standard InChI is InChI=1S/C18H21N3O3/c1-14-2-4-16(5-3-14)24-13-17(22)20-8-10-21(11-9-20)18(23)15-6-7-19-12-15/h2-7,12,19H,8-11,13H2,1H3. The SMILES string of the molecule is Cc1ccc(OCC(=O)N2CCN(C(=O)c3cc[nH]c3)CC2)cc1. The van der Waals surface area contributed by atoms with E-state index in [1.165, 1.54) is 0 Å². The lowest BCUT2D eigenvalue weighted by Crippen LogP contribution is -2.51. The highest BCUT2D eigenvalue weighted by atomic mass is 16.5. The first-order valence-electron chi connectivity index (χ1n) is 8.03. The molecule has 24 heavy (non-hydrogen) atoms. The fourth-order valence-corrected chi connectivity index (χ4v) is 2.67. The van der Waals surface area contributed by atoms with Gasteiger partial charge in [0.25, 0.3) is 11.8 Å². The molecule has 1 aliphatic heterocycles. The van der Waals surface area contributed by atoms with Crippen molar-refractivity contribution in [2.45, 2.75) is 6.92 Å². The predicted octanol–water partition coefficient (Wildman–Crippen LogP) is 1.69. The molecule has 0 saturated carbocycles. The third kappa shape index (κ3) is 3.76. The van der Waals surface area contributed by atoms with Crippen LogP contribution in [0.3, 0.4) is 0 Å². The van der Waals surface area contributed by atoms with Gasteiger partial charge in [-0.3, -0.25) is 9.59 Å². The summed E-state index contributed by atoms with van der Waals surface area (Å²) in [6, 6.07) is 9.37. The maximum absolute atomic E-state index is 12.3. The van der Waals surface area contributed by atoms with Crippen LogP contribution in [0.15, 0.2) is 42.7 Å². The van der Waals surface area contributed by atoms with E-state index in [0.717, 1.165) is 5.56 Å². The van der Waals surface area contributed by atoms with Gasteiger partial charge < -0.3 is 19.5 Å². The van der Waals surface area contributed by atoms with E-state index in [2.05, 4.69) is 4.98 Å². The molecule has 6 nitrogen and oxygen atoms in total. The van der Waals surface area contributed by atoms with Crippen molar-refractivity contribution in [1.29, 1.82) is 0 Å². The number of aromatic nitrogens is 1. The molecule has 0 spiro atoms. The average Bonchev–Trinajstić information content (AvgIpc) is 3.15. The molecule has 0 atom stereocenters. The van der Waals surface area contributed by atoms with E-state index in [-0.39, 0.29) is 18.4 Å². The minimum atomic E-state index is -0.0516. The van der Waals surface area contributed by atoms with Gasteiger partial charge in [-0.2, -0.15) is 0 Å². The number of nitrogens with one attached hydrogen (secondary N) is 1. The number of H-pyrrole nitrogens is 1. The van der Waals surface area contributed by atoms with Crippen molar-refractivity contribution in [3.05, 3.63) is 53.9 Å². The van der Waals surface area contributed by atoms with Crippen molar-refractivity contribution in [3.8, 4) is 5.75 Å². The molecular formula is C18H21N3O3. The van der Waals surface area contributed by atoms with E-state index in [1.807, 2.05) is 31.2 Å². The first-order valence-corrected chi connectivity index (χ1v) is 8.03. The molecule has 126 valence electrons. The van der Waals surface area contributed by atoms with E-state index in [4.69, 9.17) is 4.74 Å². The Morgan fingerprint density at radius 3 is 2.33 bits per heavy atom. The molecule has 1 aliphatic rings. The molecule has 2 amide bonds. The van der Waals surface area contributed by atoms with Gasteiger partial charge in [0.05, 0.1) is 5.56 Å². The number of nitrogens with zero attached hydrogens (tertiary/aromatic N) is 2. The molecule has 0 unspecified atom stereocenters. The van der Waals surface area contributed by atoms with Crippen LogP contribution in [-0.2, 0) is 4.79 Å². The number of piperazine rings is 1. The Morgan fingerprint density at radius 1 is 1.04 bits per heavy atom. The first kappa shape index (κ1) is 16.1. The molecule has 1 saturated heterocycles. The normalized spacial score (nSPS) is 14.5. The number of carbonyl (C=O) groups excluding carboxylic acids is 2. The maximum atomic E-state index is 12.3. The van der Waals surface area contributed by atoms with Crippen LogP contribution in [0.2, 0.25) is 0 Å². The van der Waals surface area contributed by atoms with Gasteiger partial charge in [-0.25, -0.2) is 0 Å². The average molecular weight is 327 g/mol. The van der Waals surface area contributed by atoms with Crippen molar-refractivity contribution in [2.24, 2.45) is 0 Å². The van der Waals surface area contributed by atoms with E-state index >= 15 is 0 Å². The van der Waals surface area contributed by atoms with Gasteiger partial charge >= 0.3 is 0 Å². The molecule has 0 bridgehead atoms. The molecule has 1 aromatic heterocycles. The monoisotopic (exact) mass is 327 g/mol. The Labute approximate surface area is 141 Å². The van der Waals surface area contributed by atoms with Gasteiger partial charge in [-0.05, 0) is 25.1 Å². The lowest BCUT2D eigenvalue weighted by atomic mass is 10.2. The van der Waals surface area contributed by atoms with Crippen molar-refractivity contribution in [3.63, 3.8) is 0 Å². The number of rotatable bonds is 4. The Kier molecular flexibility index (Phi) is 4.84. The third-order valence-corrected chi connectivity index (χ3v) is 4.15. The van der Waals surface area contributed by atoms with Gasteiger partial charge in [-0.15, -0.1) is 0 Å². The number of amides is 2. The first-order chi connectivity index (χ1) is 11.6. The summed E-state index contributed by atoms with van der Waals surface area (Å²) in [5, 5.41) is 0. The number of aromatic amines is 1. The van der Waals surface area contributed by atoms with Crippen molar-refractivity contribution in [2.75, 3.05) is 32.8 Å². The fraction of sp³-hybridized carbons (Fsp3) is 0.333. The van der Waals surface area contributed by atoms with Crippen LogP contribution in [0.1, 0.15) is 15.9 Å². The van der Waals surface area contributed by atoms with Crippen LogP contribution >= 0.6 is 0 Å². The Morgan fingerprint density at radius 2 is 1.71 bits per heavy atom. The highest BCUT2D eigenvalue weighted by Gasteiger charge is 2.25. The zero-order chi connectivity index (χ0) is 16.9. The highest BCUT2D eigenvalue weighted by molar-refractivity contribution is 5.94. The quantitative estimate of drug-likeness (QED) is 0.929. The van der Waals surface area contributed by atoms with Gasteiger partial charge in [0, 0.05) is 38.6 Å². The Bertz CT molecular complexity index is 687. The molecule has 2 aromatic rings. The number of hydrogen-bond donors (Lipinski definition) is 1. The summed E-state index contributed by atoms with van der Waals surface area (Å²) in [5.41, 5.74) is 1.80. The van der Waals surface area contributed by atoms with Crippen LogP contribution in [0, 0.1) is 6.92 Å². The number of aryl methyl sites for hydroxylation is 1. The molecular weight excluding hydrogens is 306 g/mol. The second-order valence-corrected chi connectivity index (χ2v) is 5.87. The van der Waals surface area contributed by atoms with Crippen LogP contribution in [0.4, 0.5) is 0 Å². The minimum Gasteiger partial charge on any atom is -0.484 e. The number of ether oxygens (including phenoxy) is 1. The van der Waals surface area contributed by atoms with Crippen LogP contribution < -0.4 is 4.74 Å². The summed E-state index contributed by atoms with van der Waals surface area (Å²) in [6.45, 7) is 4.18. The number of carbonyl (C=O) groups is 2. The van der Waals surface area contributed by atoms with Gasteiger partial charge in [-0.1, -0.05) is 17.7 Å². The molecule has 1 aromatic carbocycles. The van der Waals surface area contributed by atoms with E-state index in [0.29, 0.717) is 37.5 Å². The topological polar surface area (TPSA) is 65.6 Å². The van der Waals surface area contributed by atoms with Crippen molar-refractivity contribution >= 4 is 11.8 Å². The maximum Gasteiger partial charge on any atom is 0.260 e. The summed E-state index contributed by atoms with van der Waals surface area (Å²) in [4.78, 5) is 30.9. The van der Waals surface area contributed by atoms with Crippen LogP contribution in [0.25, 0.3) is 0 Å². The zero-order valence-corrected chi connectivity index (χ0v) is 13.7. The summed E-state index contributed by atoms with van der Waals surface area (Å²) in [6.07, 6.45) is 3.42. The Balaban J connectivity index is 1.46. The number of hydrogen-bond acceptors (Lipinski definition) is 3. The van der Waals surface area contributed by atoms with Crippen LogP contribution in [-0.4, -0.2) is 59.4 Å². The zero-order valence-electron chi connectivity index (χ0n) is 13.7. The van der Waals surface area contributed by atoms with Crippen molar-refractivity contribution in [1.82, 2.24) is 14.8 Å². The predicted molar refractivity (Wildman–Crippen MR) is 90.0 cm³/mol. The molecule has 0 radical (unpaired) electrons. The smallest absolute Gasteiger partial charge is 0.260 e. The summed E-state index contributed by atoms with van der Waals surface area (Å²) in [7, 11) is 0. The Hall–Kier alpha value is -2.76. The fourth-order valence-electron chi connectivity index (χ4n) is 2.67. The van der Waals surface area contributed by atoms with Gasteiger partial charge in [0.2, 0.25) is 0 Å².